The molecule has 0 aliphatic carbocycles. The number of methoxy groups -OCH3 is 1. The van der Waals surface area contributed by atoms with Gasteiger partial charge in [0, 0.05) is 36.1 Å². The van der Waals surface area contributed by atoms with Crippen molar-refractivity contribution in [1.82, 2.24) is 9.78 Å². The zero-order chi connectivity index (χ0) is 20.4. The van der Waals surface area contributed by atoms with Crippen LogP contribution in [0.3, 0.4) is 0 Å². The molecule has 1 aromatic heterocycles. The molecule has 2 aromatic carbocycles. The predicted molar refractivity (Wildman–Crippen MR) is 102 cm³/mol. The lowest BCUT2D eigenvalue weighted by atomic mass is 10.0. The van der Waals surface area contributed by atoms with Gasteiger partial charge in [0.1, 0.15) is 23.1 Å². The third-order valence-corrected chi connectivity index (χ3v) is 4.15. The van der Waals surface area contributed by atoms with Gasteiger partial charge in [-0.05, 0) is 24.3 Å². The van der Waals surface area contributed by atoms with Crippen molar-refractivity contribution in [1.29, 1.82) is 5.41 Å². The second-order valence-corrected chi connectivity index (χ2v) is 5.91. The van der Waals surface area contributed by atoms with Crippen LogP contribution in [-0.4, -0.2) is 29.0 Å². The molecule has 4 N–H and O–H groups in total. The molecule has 0 bridgehead atoms. The van der Waals surface area contributed by atoms with Crippen LogP contribution < -0.4 is 15.8 Å². The van der Waals surface area contributed by atoms with Gasteiger partial charge < -0.3 is 21.2 Å². The van der Waals surface area contributed by atoms with Crippen LogP contribution in [-0.2, 0) is 7.05 Å². The summed E-state index contributed by atoms with van der Waals surface area (Å²) in [6, 6.07) is 7.94. The Morgan fingerprint density at radius 3 is 2.57 bits per heavy atom. The summed E-state index contributed by atoms with van der Waals surface area (Å²) in [6.07, 6.45) is 1.10. The van der Waals surface area contributed by atoms with Crippen LogP contribution in [0.25, 0.3) is 11.3 Å². The number of carbonyl (C=O) groups excluding carboxylic acids is 1. The van der Waals surface area contributed by atoms with E-state index in [0.29, 0.717) is 28.3 Å². The molecule has 0 unspecified atom stereocenters. The van der Waals surface area contributed by atoms with E-state index < -0.39 is 23.2 Å². The van der Waals surface area contributed by atoms with Crippen molar-refractivity contribution < 1.29 is 18.3 Å². The molecule has 3 rings (SSSR count). The normalized spacial score (nSPS) is 10.6. The molecular weight excluding hydrogens is 368 g/mol. The highest BCUT2D eigenvalue weighted by Gasteiger charge is 2.20. The Morgan fingerprint density at radius 2 is 1.96 bits per heavy atom. The largest absolute Gasteiger partial charge is 0.496 e. The van der Waals surface area contributed by atoms with E-state index in [4.69, 9.17) is 15.9 Å². The summed E-state index contributed by atoms with van der Waals surface area (Å²) in [5.41, 5.74) is 7.17. The lowest BCUT2D eigenvalue weighted by Gasteiger charge is -2.11. The number of hydrogen-bond acceptors (Lipinski definition) is 5. The number of rotatable bonds is 5. The molecule has 1 amide bonds. The minimum atomic E-state index is -0.889. The first-order chi connectivity index (χ1) is 13.3. The van der Waals surface area contributed by atoms with Crippen molar-refractivity contribution in [2.45, 2.75) is 0 Å². The number of halogens is 2. The van der Waals surface area contributed by atoms with E-state index in [-0.39, 0.29) is 5.69 Å². The summed E-state index contributed by atoms with van der Waals surface area (Å²) in [7, 11) is 3.07. The van der Waals surface area contributed by atoms with E-state index in [9.17, 15) is 13.6 Å². The second-order valence-electron chi connectivity index (χ2n) is 5.91. The van der Waals surface area contributed by atoms with Gasteiger partial charge in [-0.2, -0.15) is 5.10 Å². The van der Waals surface area contributed by atoms with Crippen LogP contribution in [0.1, 0.15) is 16.1 Å². The van der Waals surface area contributed by atoms with E-state index in [2.05, 4.69) is 10.4 Å². The standard InChI is InChI=1S/C19H17F2N5O2/c1-26-16(11-6-10(9-22)14(23)7-17(11)28-2)8-15(25-26)19(27)24-18-12(20)4-3-5-13(18)21/h3-9,22H,23H2,1-2H3,(H,24,27). The van der Waals surface area contributed by atoms with Crippen molar-refractivity contribution in [2.75, 3.05) is 18.2 Å². The number of anilines is 2. The number of nitrogen functional groups attached to an aromatic ring is 1. The average Bonchev–Trinajstić information content (AvgIpc) is 3.06. The summed E-state index contributed by atoms with van der Waals surface area (Å²) in [6.45, 7) is 0. The number of amides is 1. The molecule has 7 nitrogen and oxygen atoms in total. The number of carbonyl (C=O) groups is 1. The van der Waals surface area contributed by atoms with E-state index in [1.54, 1.807) is 19.2 Å². The molecule has 0 saturated carbocycles. The molecule has 0 atom stereocenters. The van der Waals surface area contributed by atoms with Gasteiger partial charge in [-0.3, -0.25) is 9.48 Å². The van der Waals surface area contributed by atoms with Crippen molar-refractivity contribution in [3.8, 4) is 17.0 Å². The molecular formula is C19H17F2N5O2. The van der Waals surface area contributed by atoms with Gasteiger partial charge in [-0.15, -0.1) is 0 Å². The van der Waals surface area contributed by atoms with Gasteiger partial charge in [0.2, 0.25) is 0 Å². The fourth-order valence-electron chi connectivity index (χ4n) is 2.73. The van der Waals surface area contributed by atoms with Crippen LogP contribution in [0.4, 0.5) is 20.2 Å². The summed E-state index contributed by atoms with van der Waals surface area (Å²) in [5.74, 6) is -2.12. The predicted octanol–water partition coefficient (Wildman–Crippen LogP) is 3.21. The molecule has 0 fully saturated rings. The first-order valence-corrected chi connectivity index (χ1v) is 8.13. The number of ether oxygens (including phenoxy) is 1. The molecule has 9 heteroatoms. The lowest BCUT2D eigenvalue weighted by Crippen LogP contribution is -2.15. The van der Waals surface area contributed by atoms with E-state index in [1.807, 2.05) is 0 Å². The van der Waals surface area contributed by atoms with Crippen LogP contribution in [0.5, 0.6) is 5.75 Å². The fourth-order valence-corrected chi connectivity index (χ4v) is 2.73. The van der Waals surface area contributed by atoms with Crippen LogP contribution >= 0.6 is 0 Å². The van der Waals surface area contributed by atoms with Gasteiger partial charge in [0.25, 0.3) is 5.91 Å². The molecule has 1 heterocycles. The first-order valence-electron chi connectivity index (χ1n) is 8.13. The highest BCUT2D eigenvalue weighted by atomic mass is 19.1. The van der Waals surface area contributed by atoms with Crippen molar-refractivity contribution in [3.05, 3.63) is 59.3 Å². The molecule has 3 aromatic rings. The quantitative estimate of drug-likeness (QED) is 0.463. The Labute approximate surface area is 159 Å². The van der Waals surface area contributed by atoms with Crippen LogP contribution in [0.15, 0.2) is 36.4 Å². The summed E-state index contributed by atoms with van der Waals surface area (Å²) in [5, 5.41) is 13.8. The molecule has 0 aliphatic rings. The maximum atomic E-state index is 13.8. The molecule has 144 valence electrons. The summed E-state index contributed by atoms with van der Waals surface area (Å²) in [4.78, 5) is 12.4. The van der Waals surface area contributed by atoms with E-state index in [0.717, 1.165) is 18.3 Å². The molecule has 0 spiro atoms. The highest BCUT2D eigenvalue weighted by Crippen LogP contribution is 2.34. The second kappa shape index (κ2) is 7.47. The SMILES string of the molecule is COc1cc(N)c(C=N)cc1-c1cc(C(=O)Nc2c(F)cccc2F)nn1C. The highest BCUT2D eigenvalue weighted by molar-refractivity contribution is 6.03. The minimum absolute atomic E-state index is 0.0459. The Bertz CT molecular complexity index is 1060. The Balaban J connectivity index is 2.00. The Morgan fingerprint density at radius 1 is 1.29 bits per heavy atom. The number of hydrogen-bond donors (Lipinski definition) is 3. The number of benzene rings is 2. The van der Waals surface area contributed by atoms with Crippen LogP contribution in [0, 0.1) is 17.0 Å². The zero-order valence-corrected chi connectivity index (χ0v) is 15.1. The van der Waals surface area contributed by atoms with Crippen LogP contribution in [0.2, 0.25) is 0 Å². The summed E-state index contributed by atoms with van der Waals surface area (Å²) < 4.78 is 34.3. The third kappa shape index (κ3) is 3.41. The smallest absolute Gasteiger partial charge is 0.276 e. The Hall–Kier alpha value is -3.75. The van der Waals surface area contributed by atoms with E-state index >= 15 is 0 Å². The molecule has 28 heavy (non-hydrogen) atoms. The third-order valence-electron chi connectivity index (χ3n) is 4.15. The fraction of sp³-hybridized carbons (Fsp3) is 0.105. The molecule has 0 aliphatic heterocycles. The zero-order valence-electron chi connectivity index (χ0n) is 15.1. The number of nitrogens with zero attached hydrogens (tertiary/aromatic N) is 2. The minimum Gasteiger partial charge on any atom is -0.496 e. The lowest BCUT2D eigenvalue weighted by molar-refractivity contribution is 0.102. The Kier molecular flexibility index (Phi) is 5.08. The maximum absolute atomic E-state index is 13.8. The first kappa shape index (κ1) is 19.0. The van der Waals surface area contributed by atoms with Crippen molar-refractivity contribution in [2.24, 2.45) is 7.05 Å². The van der Waals surface area contributed by atoms with Gasteiger partial charge >= 0.3 is 0 Å². The van der Waals surface area contributed by atoms with Crippen molar-refractivity contribution >= 4 is 23.5 Å². The molecule has 0 saturated heterocycles. The molecule has 0 radical (unpaired) electrons. The number of aryl methyl sites for hydroxylation is 1. The monoisotopic (exact) mass is 385 g/mol. The van der Waals surface area contributed by atoms with Gasteiger partial charge in [-0.1, -0.05) is 6.07 Å². The maximum Gasteiger partial charge on any atom is 0.276 e. The summed E-state index contributed by atoms with van der Waals surface area (Å²) >= 11 is 0. The van der Waals surface area contributed by atoms with E-state index in [1.165, 1.54) is 23.9 Å². The number of para-hydroxylation sites is 1. The van der Waals surface area contributed by atoms with Gasteiger partial charge in [0.05, 0.1) is 12.8 Å². The average molecular weight is 385 g/mol. The topological polar surface area (TPSA) is 106 Å². The van der Waals surface area contributed by atoms with Crippen molar-refractivity contribution in [3.63, 3.8) is 0 Å². The number of aromatic nitrogens is 2. The van der Waals surface area contributed by atoms with Gasteiger partial charge in [0.15, 0.2) is 5.69 Å². The van der Waals surface area contributed by atoms with Gasteiger partial charge in [-0.25, -0.2) is 8.78 Å². The number of nitrogens with two attached hydrogens (primary N) is 1. The number of nitrogens with one attached hydrogen (secondary N) is 2.